The normalized spacial score (nSPS) is 14.7. The maximum Gasteiger partial charge on any atom is 0.246 e. The maximum atomic E-state index is 12.7. The number of piperazine rings is 1. The van der Waals surface area contributed by atoms with Gasteiger partial charge < -0.3 is 14.2 Å². The van der Waals surface area contributed by atoms with Gasteiger partial charge in [0.25, 0.3) is 0 Å². The number of nitrogens with zero attached hydrogens (tertiary/aromatic N) is 4. The molecular formula is C25H25ClN4O2. The molecule has 4 aromatic rings. The molecule has 2 aromatic heterocycles. The number of halogens is 1. The minimum Gasteiger partial charge on any atom is -0.454 e. The van der Waals surface area contributed by atoms with Gasteiger partial charge in [0.05, 0.1) is 5.69 Å². The van der Waals surface area contributed by atoms with E-state index >= 15 is 0 Å². The monoisotopic (exact) mass is 448 g/mol. The first-order valence-electron chi connectivity index (χ1n) is 10.5. The summed E-state index contributed by atoms with van der Waals surface area (Å²) in [6.07, 6.45) is 5.42. The van der Waals surface area contributed by atoms with Crippen LogP contribution in [0, 0.1) is 0 Å². The Morgan fingerprint density at radius 2 is 1.72 bits per heavy atom. The Kier molecular flexibility index (Phi) is 6.44. The molecule has 32 heavy (non-hydrogen) atoms. The van der Waals surface area contributed by atoms with Crippen LogP contribution in [0.4, 0.5) is 0 Å². The highest BCUT2D eigenvalue weighted by atomic mass is 35.5. The number of para-hydroxylation sites is 2. The van der Waals surface area contributed by atoms with Gasteiger partial charge in [-0.2, -0.15) is 5.10 Å². The topological polar surface area (TPSA) is 54.5 Å². The van der Waals surface area contributed by atoms with Gasteiger partial charge in [0, 0.05) is 49.4 Å². The molecule has 1 fully saturated rings. The second kappa shape index (κ2) is 9.42. The smallest absolute Gasteiger partial charge is 0.246 e. The van der Waals surface area contributed by atoms with E-state index in [1.54, 1.807) is 6.08 Å². The molecule has 5 rings (SSSR count). The molecule has 1 saturated heterocycles. The third-order valence-electron chi connectivity index (χ3n) is 5.64. The molecule has 7 heteroatoms. The standard InChI is InChI=1S/C25H24N4O2.ClH/c1-27-13-15-28(16-14-27)24(30)12-11-20-18-29(21-8-3-2-4-9-21)26-25(20)23-17-19-7-5-6-10-22(19)31-23;/h2-12,17-18H,13-16H2,1H3;1H. The van der Waals surface area contributed by atoms with Crippen LogP contribution in [-0.2, 0) is 4.79 Å². The Balaban J connectivity index is 0.00000245. The fraction of sp³-hybridized carbons (Fsp3) is 0.200. The molecular weight excluding hydrogens is 424 g/mol. The fourth-order valence-corrected chi connectivity index (χ4v) is 3.81. The predicted octanol–water partition coefficient (Wildman–Crippen LogP) is 4.49. The zero-order valence-corrected chi connectivity index (χ0v) is 18.7. The van der Waals surface area contributed by atoms with Crippen LogP contribution in [0.1, 0.15) is 5.56 Å². The first-order valence-corrected chi connectivity index (χ1v) is 10.5. The predicted molar refractivity (Wildman–Crippen MR) is 129 cm³/mol. The SMILES string of the molecule is CN1CCN(C(=O)C=Cc2cn(-c3ccccc3)nc2-c2cc3ccccc3o2)CC1.Cl. The summed E-state index contributed by atoms with van der Waals surface area (Å²) in [7, 11) is 2.08. The Morgan fingerprint density at radius 3 is 2.47 bits per heavy atom. The van der Waals surface area contributed by atoms with E-state index in [1.807, 2.05) is 82.5 Å². The van der Waals surface area contributed by atoms with Gasteiger partial charge in [0.2, 0.25) is 5.91 Å². The molecule has 0 aliphatic carbocycles. The van der Waals surface area contributed by atoms with E-state index in [-0.39, 0.29) is 18.3 Å². The highest BCUT2D eigenvalue weighted by molar-refractivity contribution is 5.93. The van der Waals surface area contributed by atoms with Gasteiger partial charge in [-0.1, -0.05) is 36.4 Å². The Bertz CT molecular complexity index is 1200. The number of carbonyl (C=O) groups is 1. The zero-order valence-electron chi connectivity index (χ0n) is 17.8. The lowest BCUT2D eigenvalue weighted by atomic mass is 10.1. The molecule has 1 amide bonds. The number of benzene rings is 2. The number of rotatable bonds is 4. The van der Waals surface area contributed by atoms with Crippen LogP contribution in [0.2, 0.25) is 0 Å². The quantitative estimate of drug-likeness (QED) is 0.431. The van der Waals surface area contributed by atoms with Crippen molar-refractivity contribution in [3.05, 3.63) is 78.5 Å². The molecule has 1 aliphatic rings. The number of hydrogen-bond donors (Lipinski definition) is 0. The van der Waals surface area contributed by atoms with Crippen LogP contribution < -0.4 is 0 Å². The Morgan fingerprint density at radius 1 is 1.00 bits per heavy atom. The zero-order chi connectivity index (χ0) is 21.2. The van der Waals surface area contributed by atoms with E-state index < -0.39 is 0 Å². The highest BCUT2D eigenvalue weighted by Crippen LogP contribution is 2.30. The third kappa shape index (κ3) is 4.47. The van der Waals surface area contributed by atoms with Crippen LogP contribution in [0.3, 0.4) is 0 Å². The number of likely N-dealkylation sites (N-methyl/N-ethyl adjacent to an activating group) is 1. The van der Waals surface area contributed by atoms with Crippen LogP contribution in [0.25, 0.3) is 34.2 Å². The summed E-state index contributed by atoms with van der Waals surface area (Å²) in [4.78, 5) is 16.8. The van der Waals surface area contributed by atoms with Gasteiger partial charge >= 0.3 is 0 Å². The summed E-state index contributed by atoms with van der Waals surface area (Å²) < 4.78 is 7.89. The maximum absolute atomic E-state index is 12.7. The first-order chi connectivity index (χ1) is 15.2. The lowest BCUT2D eigenvalue weighted by Gasteiger charge is -2.31. The van der Waals surface area contributed by atoms with Gasteiger partial charge in [0.1, 0.15) is 11.3 Å². The molecule has 0 N–H and O–H groups in total. The molecule has 1 aliphatic heterocycles. The lowest BCUT2D eigenvalue weighted by Crippen LogP contribution is -2.46. The van der Waals surface area contributed by atoms with E-state index in [2.05, 4.69) is 11.9 Å². The van der Waals surface area contributed by atoms with Crippen LogP contribution in [0.15, 0.2) is 77.4 Å². The minimum absolute atomic E-state index is 0. The van der Waals surface area contributed by atoms with Gasteiger partial charge in [0.15, 0.2) is 5.76 Å². The number of fused-ring (bicyclic) bond motifs is 1. The van der Waals surface area contributed by atoms with E-state index in [9.17, 15) is 4.79 Å². The van der Waals surface area contributed by atoms with Gasteiger partial charge in [-0.3, -0.25) is 4.79 Å². The number of aromatic nitrogens is 2. The summed E-state index contributed by atoms with van der Waals surface area (Å²) in [6.45, 7) is 3.30. The number of hydrogen-bond acceptors (Lipinski definition) is 4. The molecule has 2 aromatic carbocycles. The first kappa shape index (κ1) is 21.9. The van der Waals surface area contributed by atoms with Crippen LogP contribution in [-0.4, -0.2) is 58.7 Å². The molecule has 6 nitrogen and oxygen atoms in total. The van der Waals surface area contributed by atoms with E-state index in [4.69, 9.17) is 9.52 Å². The van der Waals surface area contributed by atoms with Gasteiger partial charge in [-0.25, -0.2) is 4.68 Å². The van der Waals surface area contributed by atoms with Crippen molar-refractivity contribution in [1.29, 1.82) is 0 Å². The van der Waals surface area contributed by atoms with Gasteiger partial charge in [-0.15, -0.1) is 12.4 Å². The second-order valence-corrected chi connectivity index (χ2v) is 7.82. The molecule has 0 radical (unpaired) electrons. The Labute approximate surface area is 193 Å². The van der Waals surface area contributed by atoms with Crippen molar-refractivity contribution in [1.82, 2.24) is 19.6 Å². The molecule has 164 valence electrons. The van der Waals surface area contributed by atoms with Crippen molar-refractivity contribution in [2.45, 2.75) is 0 Å². The molecule has 0 unspecified atom stereocenters. The number of furan rings is 1. The van der Waals surface area contributed by atoms with Crippen molar-refractivity contribution >= 4 is 35.4 Å². The minimum atomic E-state index is 0. The third-order valence-corrected chi connectivity index (χ3v) is 5.64. The van der Waals surface area contributed by atoms with Gasteiger partial charge in [-0.05, 0) is 37.4 Å². The number of carbonyl (C=O) groups excluding carboxylic acids is 1. The summed E-state index contributed by atoms with van der Waals surface area (Å²) in [6, 6.07) is 19.8. The van der Waals surface area contributed by atoms with E-state index in [0.717, 1.165) is 48.4 Å². The molecule has 0 atom stereocenters. The van der Waals surface area contributed by atoms with E-state index in [0.29, 0.717) is 11.5 Å². The fourth-order valence-electron chi connectivity index (χ4n) is 3.81. The van der Waals surface area contributed by atoms with Crippen molar-refractivity contribution < 1.29 is 9.21 Å². The summed E-state index contributed by atoms with van der Waals surface area (Å²) in [5.41, 5.74) is 3.31. The van der Waals surface area contributed by atoms with Crippen LogP contribution >= 0.6 is 12.4 Å². The van der Waals surface area contributed by atoms with Crippen molar-refractivity contribution in [3.63, 3.8) is 0 Å². The molecule has 0 saturated carbocycles. The summed E-state index contributed by atoms with van der Waals surface area (Å²) in [5.74, 6) is 0.707. The molecule has 0 spiro atoms. The van der Waals surface area contributed by atoms with Crippen molar-refractivity contribution in [2.75, 3.05) is 33.2 Å². The van der Waals surface area contributed by atoms with Crippen molar-refractivity contribution in [3.8, 4) is 17.1 Å². The van der Waals surface area contributed by atoms with Crippen LogP contribution in [0.5, 0.6) is 0 Å². The molecule has 0 bridgehead atoms. The average Bonchev–Trinajstić information content (AvgIpc) is 3.42. The summed E-state index contributed by atoms with van der Waals surface area (Å²) >= 11 is 0. The van der Waals surface area contributed by atoms with Crippen molar-refractivity contribution in [2.24, 2.45) is 0 Å². The van der Waals surface area contributed by atoms with E-state index in [1.165, 1.54) is 0 Å². The Hall–Kier alpha value is -3.35. The average molecular weight is 449 g/mol. The highest BCUT2D eigenvalue weighted by Gasteiger charge is 2.18. The lowest BCUT2D eigenvalue weighted by molar-refractivity contribution is -0.127. The second-order valence-electron chi connectivity index (χ2n) is 7.82. The molecule has 3 heterocycles. The summed E-state index contributed by atoms with van der Waals surface area (Å²) in [5, 5.41) is 5.81. The largest absolute Gasteiger partial charge is 0.454 e. The number of amides is 1.